The van der Waals surface area contributed by atoms with Gasteiger partial charge >= 0.3 is 0 Å². The molecule has 0 saturated carbocycles. The van der Waals surface area contributed by atoms with E-state index in [0.29, 0.717) is 18.7 Å². The van der Waals surface area contributed by atoms with Crippen molar-refractivity contribution in [2.75, 3.05) is 26.4 Å². The first-order valence-corrected chi connectivity index (χ1v) is 10.6. The lowest BCUT2D eigenvalue weighted by molar-refractivity contribution is 0.0775. The van der Waals surface area contributed by atoms with Crippen LogP contribution >= 0.6 is 7.14 Å². The van der Waals surface area contributed by atoms with Gasteiger partial charge in [-0.1, -0.05) is 24.3 Å². The minimum Gasteiger partial charge on any atom is -0.334 e. The predicted molar refractivity (Wildman–Crippen MR) is 98.3 cm³/mol. The molecule has 1 aliphatic heterocycles. The van der Waals surface area contributed by atoms with E-state index in [9.17, 15) is 9.36 Å². The van der Waals surface area contributed by atoms with Gasteiger partial charge in [-0.3, -0.25) is 9.78 Å². The van der Waals surface area contributed by atoms with Crippen LogP contribution in [0.25, 0.3) is 5.57 Å². The number of nitrogens with zero attached hydrogens (tertiary/aromatic N) is 2. The van der Waals surface area contributed by atoms with Gasteiger partial charge in [-0.05, 0) is 49.6 Å². The van der Waals surface area contributed by atoms with Crippen molar-refractivity contribution >= 4 is 23.9 Å². The van der Waals surface area contributed by atoms with Crippen LogP contribution in [0.2, 0.25) is 0 Å². The Labute approximate surface area is 142 Å². The highest BCUT2D eigenvalue weighted by Gasteiger charge is 2.21. The number of pyridine rings is 1. The Morgan fingerprint density at radius 2 is 1.88 bits per heavy atom. The SMILES string of the molecule is CP(C)(=O)c1ccc(C(=O)N2CCC=C(c3ccccn3)C2)cc1. The van der Waals surface area contributed by atoms with Crippen molar-refractivity contribution in [3.8, 4) is 0 Å². The molecule has 24 heavy (non-hydrogen) atoms. The fourth-order valence-corrected chi connectivity index (χ4v) is 3.67. The quantitative estimate of drug-likeness (QED) is 0.806. The number of hydrogen-bond donors (Lipinski definition) is 0. The number of amides is 1. The lowest BCUT2D eigenvalue weighted by atomic mass is 10.0. The van der Waals surface area contributed by atoms with E-state index in [1.54, 1.807) is 43.8 Å². The van der Waals surface area contributed by atoms with Crippen molar-refractivity contribution in [1.29, 1.82) is 0 Å². The Kier molecular flexibility index (Phi) is 4.68. The minimum absolute atomic E-state index is 0.00474. The van der Waals surface area contributed by atoms with Crippen LogP contribution in [0.5, 0.6) is 0 Å². The molecule has 0 N–H and O–H groups in total. The van der Waals surface area contributed by atoms with Crippen LogP contribution in [-0.2, 0) is 4.57 Å². The molecule has 1 aliphatic rings. The van der Waals surface area contributed by atoms with Gasteiger partial charge in [0.1, 0.15) is 7.14 Å². The summed E-state index contributed by atoms with van der Waals surface area (Å²) in [4.78, 5) is 19.0. The molecule has 0 saturated heterocycles. The van der Waals surface area contributed by atoms with Crippen LogP contribution in [0.3, 0.4) is 0 Å². The van der Waals surface area contributed by atoms with Crippen LogP contribution < -0.4 is 5.30 Å². The van der Waals surface area contributed by atoms with Gasteiger partial charge in [0.25, 0.3) is 5.91 Å². The summed E-state index contributed by atoms with van der Waals surface area (Å²) in [5.41, 5.74) is 2.64. The summed E-state index contributed by atoms with van der Waals surface area (Å²) in [6.45, 7) is 4.74. The van der Waals surface area contributed by atoms with Crippen LogP contribution in [0.4, 0.5) is 0 Å². The molecule has 1 aromatic heterocycles. The van der Waals surface area contributed by atoms with E-state index >= 15 is 0 Å². The van der Waals surface area contributed by atoms with E-state index in [1.807, 2.05) is 23.1 Å². The third-order valence-corrected chi connectivity index (χ3v) is 5.71. The number of aromatic nitrogens is 1. The lowest BCUT2D eigenvalue weighted by Crippen LogP contribution is -2.35. The average Bonchev–Trinajstić information content (AvgIpc) is 2.61. The maximum atomic E-state index is 12.7. The van der Waals surface area contributed by atoms with E-state index in [0.717, 1.165) is 23.0 Å². The zero-order valence-electron chi connectivity index (χ0n) is 14.0. The molecular weight excluding hydrogens is 319 g/mol. The third-order valence-electron chi connectivity index (χ3n) is 4.17. The Hall–Kier alpha value is -2.19. The smallest absolute Gasteiger partial charge is 0.254 e. The highest BCUT2D eigenvalue weighted by atomic mass is 31.2. The molecule has 2 heterocycles. The van der Waals surface area contributed by atoms with Gasteiger partial charge in [0.2, 0.25) is 0 Å². The van der Waals surface area contributed by atoms with Gasteiger partial charge in [0.15, 0.2) is 0 Å². The van der Waals surface area contributed by atoms with E-state index < -0.39 is 7.14 Å². The summed E-state index contributed by atoms with van der Waals surface area (Å²) in [5, 5.41) is 0.798. The third kappa shape index (κ3) is 3.65. The Morgan fingerprint density at radius 1 is 1.12 bits per heavy atom. The molecule has 0 unspecified atom stereocenters. The summed E-state index contributed by atoms with van der Waals surface area (Å²) in [5.74, 6) is 0.00474. The van der Waals surface area contributed by atoms with Gasteiger partial charge in [0.05, 0.1) is 5.69 Å². The number of rotatable bonds is 3. The first-order valence-electron chi connectivity index (χ1n) is 8.00. The highest BCUT2D eigenvalue weighted by Crippen LogP contribution is 2.34. The molecule has 1 amide bonds. The molecule has 0 bridgehead atoms. The predicted octanol–water partition coefficient (Wildman–Crippen LogP) is 3.26. The largest absolute Gasteiger partial charge is 0.334 e. The molecule has 0 spiro atoms. The molecule has 0 atom stereocenters. The van der Waals surface area contributed by atoms with Gasteiger partial charge in [0, 0.05) is 30.2 Å². The van der Waals surface area contributed by atoms with Crippen molar-refractivity contribution < 1.29 is 9.36 Å². The topological polar surface area (TPSA) is 50.3 Å². The van der Waals surface area contributed by atoms with Gasteiger partial charge in [-0.25, -0.2) is 0 Å². The second kappa shape index (κ2) is 6.74. The molecular formula is C19H21N2O2P. The number of carbonyl (C=O) groups excluding carboxylic acids is 1. The van der Waals surface area contributed by atoms with Gasteiger partial charge < -0.3 is 9.46 Å². The van der Waals surface area contributed by atoms with Gasteiger partial charge in [-0.15, -0.1) is 0 Å². The van der Waals surface area contributed by atoms with Gasteiger partial charge in [-0.2, -0.15) is 0 Å². The first-order chi connectivity index (χ1) is 11.4. The Bertz CT molecular complexity index is 807. The lowest BCUT2D eigenvalue weighted by Gasteiger charge is -2.27. The molecule has 2 aromatic rings. The molecule has 1 aromatic carbocycles. The van der Waals surface area contributed by atoms with E-state index in [2.05, 4.69) is 11.1 Å². The minimum atomic E-state index is -2.29. The van der Waals surface area contributed by atoms with Crippen molar-refractivity contribution in [1.82, 2.24) is 9.88 Å². The van der Waals surface area contributed by atoms with Crippen LogP contribution in [0.1, 0.15) is 22.5 Å². The number of benzene rings is 1. The summed E-state index contributed by atoms with van der Waals surface area (Å²) < 4.78 is 12.1. The summed E-state index contributed by atoms with van der Waals surface area (Å²) >= 11 is 0. The van der Waals surface area contributed by atoms with Crippen molar-refractivity contribution in [2.45, 2.75) is 6.42 Å². The van der Waals surface area contributed by atoms with Crippen LogP contribution in [0, 0.1) is 0 Å². The number of carbonyl (C=O) groups is 1. The second-order valence-electron chi connectivity index (χ2n) is 6.36. The summed E-state index contributed by atoms with van der Waals surface area (Å²) in [6.07, 6.45) is 4.75. The Balaban J connectivity index is 1.76. The maximum absolute atomic E-state index is 12.7. The molecule has 0 fully saturated rings. The van der Waals surface area contributed by atoms with Crippen molar-refractivity contribution in [3.05, 3.63) is 66.0 Å². The molecule has 3 rings (SSSR count). The molecule has 4 nitrogen and oxygen atoms in total. The molecule has 5 heteroatoms. The number of hydrogen-bond acceptors (Lipinski definition) is 3. The second-order valence-corrected chi connectivity index (χ2v) is 9.58. The van der Waals surface area contributed by atoms with Crippen LogP contribution in [0.15, 0.2) is 54.7 Å². The average molecular weight is 340 g/mol. The van der Waals surface area contributed by atoms with Crippen LogP contribution in [-0.4, -0.2) is 42.2 Å². The Morgan fingerprint density at radius 3 is 2.50 bits per heavy atom. The summed E-state index contributed by atoms with van der Waals surface area (Å²) in [7, 11) is -2.29. The monoisotopic (exact) mass is 340 g/mol. The van der Waals surface area contributed by atoms with E-state index in [-0.39, 0.29) is 5.91 Å². The van der Waals surface area contributed by atoms with E-state index in [1.165, 1.54) is 0 Å². The van der Waals surface area contributed by atoms with E-state index in [4.69, 9.17) is 0 Å². The zero-order chi connectivity index (χ0) is 17.2. The van der Waals surface area contributed by atoms with Crippen molar-refractivity contribution in [2.24, 2.45) is 0 Å². The standard InChI is InChI=1S/C19H21N2O2P/c1-24(2,23)17-10-8-15(9-11-17)19(22)21-13-5-6-16(14-21)18-7-3-4-12-20-18/h3-4,6-12H,5,13-14H2,1-2H3. The van der Waals surface area contributed by atoms with Crippen molar-refractivity contribution in [3.63, 3.8) is 0 Å². The fraction of sp³-hybridized carbons (Fsp3) is 0.263. The maximum Gasteiger partial charge on any atom is 0.254 e. The fourth-order valence-electron chi connectivity index (χ4n) is 2.80. The molecule has 0 radical (unpaired) electrons. The molecule has 124 valence electrons. The summed E-state index contributed by atoms with van der Waals surface area (Å²) in [6, 6.07) is 13.0. The first kappa shape index (κ1) is 16.7. The molecule has 0 aliphatic carbocycles. The highest BCUT2D eigenvalue weighted by molar-refractivity contribution is 7.70. The zero-order valence-corrected chi connectivity index (χ0v) is 14.9. The normalized spacial score (nSPS) is 15.1.